The molecule has 6 heteroatoms. The van der Waals surface area contributed by atoms with Gasteiger partial charge in [0.2, 0.25) is 5.91 Å². The second-order valence-electron chi connectivity index (χ2n) is 4.84. The Balaban J connectivity index is 2.07. The molecular formula is C16H13ClF3NO. The SMILES string of the molecule is CC(NC(=O)Cc1c(F)cccc1Cl)c1ccc(F)c(F)c1. The van der Waals surface area contributed by atoms with Gasteiger partial charge in [0.05, 0.1) is 12.5 Å². The van der Waals surface area contributed by atoms with E-state index in [2.05, 4.69) is 5.32 Å². The smallest absolute Gasteiger partial charge is 0.225 e. The van der Waals surface area contributed by atoms with Gasteiger partial charge in [-0.2, -0.15) is 0 Å². The van der Waals surface area contributed by atoms with Gasteiger partial charge in [0, 0.05) is 10.6 Å². The maximum atomic E-state index is 13.6. The fourth-order valence-corrected chi connectivity index (χ4v) is 2.25. The van der Waals surface area contributed by atoms with Gasteiger partial charge in [0.1, 0.15) is 5.82 Å². The number of benzene rings is 2. The lowest BCUT2D eigenvalue weighted by atomic mass is 10.1. The van der Waals surface area contributed by atoms with Crippen molar-refractivity contribution >= 4 is 17.5 Å². The lowest BCUT2D eigenvalue weighted by molar-refractivity contribution is -0.121. The molecule has 0 aliphatic carbocycles. The van der Waals surface area contributed by atoms with Crippen molar-refractivity contribution in [2.75, 3.05) is 0 Å². The van der Waals surface area contributed by atoms with Crippen molar-refractivity contribution in [1.82, 2.24) is 5.32 Å². The first-order chi connectivity index (χ1) is 10.4. The fraction of sp³-hybridized carbons (Fsp3) is 0.188. The third-order valence-electron chi connectivity index (χ3n) is 3.22. The van der Waals surface area contributed by atoms with Crippen LogP contribution in [0.15, 0.2) is 36.4 Å². The van der Waals surface area contributed by atoms with Gasteiger partial charge in [0.25, 0.3) is 0 Å². The van der Waals surface area contributed by atoms with Crippen LogP contribution >= 0.6 is 11.6 Å². The Hall–Kier alpha value is -2.01. The summed E-state index contributed by atoms with van der Waals surface area (Å²) in [6.45, 7) is 1.62. The normalized spacial score (nSPS) is 12.0. The van der Waals surface area contributed by atoms with Gasteiger partial charge in [-0.05, 0) is 36.8 Å². The van der Waals surface area contributed by atoms with Crippen LogP contribution in [0.4, 0.5) is 13.2 Å². The number of carbonyl (C=O) groups is 1. The van der Waals surface area contributed by atoms with Crippen molar-refractivity contribution in [2.45, 2.75) is 19.4 Å². The molecule has 0 aliphatic heterocycles. The highest BCUT2D eigenvalue weighted by Crippen LogP contribution is 2.20. The molecule has 0 radical (unpaired) electrons. The van der Waals surface area contributed by atoms with E-state index in [0.717, 1.165) is 12.1 Å². The first-order valence-corrected chi connectivity index (χ1v) is 6.93. The summed E-state index contributed by atoms with van der Waals surface area (Å²) >= 11 is 5.85. The molecule has 0 aromatic heterocycles. The van der Waals surface area contributed by atoms with E-state index >= 15 is 0 Å². The molecule has 1 N–H and O–H groups in total. The van der Waals surface area contributed by atoms with Crippen molar-refractivity contribution < 1.29 is 18.0 Å². The second-order valence-corrected chi connectivity index (χ2v) is 5.25. The summed E-state index contributed by atoms with van der Waals surface area (Å²) in [5.41, 5.74) is 0.506. The lowest BCUT2D eigenvalue weighted by Crippen LogP contribution is -2.28. The van der Waals surface area contributed by atoms with E-state index in [1.54, 1.807) is 6.92 Å². The van der Waals surface area contributed by atoms with E-state index in [4.69, 9.17) is 11.6 Å². The third-order valence-corrected chi connectivity index (χ3v) is 3.57. The van der Waals surface area contributed by atoms with E-state index in [1.807, 2.05) is 0 Å². The van der Waals surface area contributed by atoms with Crippen molar-refractivity contribution in [3.8, 4) is 0 Å². The number of halogens is 4. The van der Waals surface area contributed by atoms with Crippen molar-refractivity contribution in [2.24, 2.45) is 0 Å². The average Bonchev–Trinajstić information content (AvgIpc) is 2.46. The van der Waals surface area contributed by atoms with Gasteiger partial charge in [-0.15, -0.1) is 0 Å². The van der Waals surface area contributed by atoms with Gasteiger partial charge < -0.3 is 5.32 Å². The minimum Gasteiger partial charge on any atom is -0.349 e. The predicted octanol–water partition coefficient (Wildman–Crippen LogP) is 4.18. The average molecular weight is 328 g/mol. The topological polar surface area (TPSA) is 29.1 Å². The molecule has 2 aromatic carbocycles. The molecule has 0 spiro atoms. The number of hydrogen-bond donors (Lipinski definition) is 1. The van der Waals surface area contributed by atoms with E-state index in [9.17, 15) is 18.0 Å². The Labute approximate surface area is 130 Å². The molecule has 2 nitrogen and oxygen atoms in total. The molecule has 22 heavy (non-hydrogen) atoms. The van der Waals surface area contributed by atoms with Crippen LogP contribution in [-0.2, 0) is 11.2 Å². The molecule has 0 saturated carbocycles. The Morgan fingerprint density at radius 3 is 2.50 bits per heavy atom. The van der Waals surface area contributed by atoms with E-state index in [1.165, 1.54) is 24.3 Å². The molecule has 2 rings (SSSR count). The molecule has 0 aliphatic rings. The third kappa shape index (κ3) is 3.80. The molecule has 0 saturated heterocycles. The molecule has 116 valence electrons. The highest BCUT2D eigenvalue weighted by atomic mass is 35.5. The van der Waals surface area contributed by atoms with E-state index in [0.29, 0.717) is 5.56 Å². The number of carbonyl (C=O) groups excluding carboxylic acids is 1. The molecule has 2 aromatic rings. The highest BCUT2D eigenvalue weighted by Gasteiger charge is 2.15. The maximum Gasteiger partial charge on any atom is 0.225 e. The van der Waals surface area contributed by atoms with Crippen molar-refractivity contribution in [1.29, 1.82) is 0 Å². The van der Waals surface area contributed by atoms with E-state index < -0.39 is 29.4 Å². The summed E-state index contributed by atoms with van der Waals surface area (Å²) in [4.78, 5) is 11.9. The Morgan fingerprint density at radius 2 is 1.86 bits per heavy atom. The number of nitrogens with one attached hydrogen (secondary N) is 1. The number of amides is 1. The largest absolute Gasteiger partial charge is 0.349 e. The maximum absolute atomic E-state index is 13.6. The number of rotatable bonds is 4. The van der Waals surface area contributed by atoms with Crippen LogP contribution in [0.5, 0.6) is 0 Å². The molecule has 1 amide bonds. The Kier molecular flexibility index (Phi) is 5.08. The van der Waals surface area contributed by atoms with Gasteiger partial charge >= 0.3 is 0 Å². The zero-order valence-electron chi connectivity index (χ0n) is 11.7. The highest BCUT2D eigenvalue weighted by molar-refractivity contribution is 6.31. The minimum absolute atomic E-state index is 0.0964. The molecule has 0 bridgehead atoms. The van der Waals surface area contributed by atoms with Crippen LogP contribution in [0.1, 0.15) is 24.1 Å². The molecule has 1 atom stereocenters. The van der Waals surface area contributed by atoms with Gasteiger partial charge in [0.15, 0.2) is 11.6 Å². The zero-order valence-corrected chi connectivity index (χ0v) is 12.4. The number of hydrogen-bond acceptors (Lipinski definition) is 1. The Bertz CT molecular complexity index is 686. The summed E-state index contributed by atoms with van der Waals surface area (Å²) in [6, 6.07) is 6.98. The summed E-state index contributed by atoms with van der Waals surface area (Å²) < 4.78 is 39.7. The lowest BCUT2D eigenvalue weighted by Gasteiger charge is -2.15. The van der Waals surface area contributed by atoms with Crippen LogP contribution in [0.2, 0.25) is 5.02 Å². The summed E-state index contributed by atoms with van der Waals surface area (Å²) in [6.07, 6.45) is -0.237. The van der Waals surface area contributed by atoms with Gasteiger partial charge in [-0.3, -0.25) is 4.79 Å². The van der Waals surface area contributed by atoms with Gasteiger partial charge in [-0.25, -0.2) is 13.2 Å². The molecule has 0 fully saturated rings. The van der Waals surface area contributed by atoms with Crippen molar-refractivity contribution in [3.63, 3.8) is 0 Å². The first-order valence-electron chi connectivity index (χ1n) is 6.55. The predicted molar refractivity (Wildman–Crippen MR) is 78.0 cm³/mol. The molecule has 1 unspecified atom stereocenters. The fourth-order valence-electron chi connectivity index (χ4n) is 2.02. The summed E-state index contributed by atoms with van der Waals surface area (Å²) in [7, 11) is 0. The first kappa shape index (κ1) is 16.4. The van der Waals surface area contributed by atoms with Crippen LogP contribution in [-0.4, -0.2) is 5.91 Å². The monoisotopic (exact) mass is 327 g/mol. The molecular weight excluding hydrogens is 315 g/mol. The zero-order chi connectivity index (χ0) is 16.3. The standard InChI is InChI=1S/C16H13ClF3NO/c1-9(10-5-6-14(19)15(20)7-10)21-16(22)8-11-12(17)3-2-4-13(11)18/h2-7,9H,8H2,1H3,(H,21,22). The van der Waals surface area contributed by atoms with Crippen LogP contribution in [0.25, 0.3) is 0 Å². The Morgan fingerprint density at radius 1 is 1.14 bits per heavy atom. The summed E-state index contributed by atoms with van der Waals surface area (Å²) in [5.74, 6) is -2.98. The quantitative estimate of drug-likeness (QED) is 0.897. The van der Waals surface area contributed by atoms with Crippen LogP contribution in [0.3, 0.4) is 0 Å². The van der Waals surface area contributed by atoms with E-state index in [-0.39, 0.29) is 17.0 Å². The summed E-state index contributed by atoms with van der Waals surface area (Å²) in [5, 5.41) is 2.76. The second kappa shape index (κ2) is 6.83. The van der Waals surface area contributed by atoms with Crippen molar-refractivity contribution in [3.05, 3.63) is 70.0 Å². The minimum atomic E-state index is -0.990. The van der Waals surface area contributed by atoms with Gasteiger partial charge in [-0.1, -0.05) is 23.7 Å². The van der Waals surface area contributed by atoms with Crippen LogP contribution in [0, 0.1) is 17.5 Å². The van der Waals surface area contributed by atoms with Crippen LogP contribution < -0.4 is 5.32 Å². The molecule has 0 heterocycles.